The summed E-state index contributed by atoms with van der Waals surface area (Å²) in [6.45, 7) is 0. The number of nitrogens with zero attached hydrogens (tertiary/aromatic N) is 1. The molecule has 1 aliphatic carbocycles. The number of carboxylic acids is 1. The minimum atomic E-state index is -3.97. The number of hydrogen-bond acceptors (Lipinski definition) is 6. The average Bonchev–Trinajstić information content (AvgIpc) is 3.46. The summed E-state index contributed by atoms with van der Waals surface area (Å²) in [5, 5.41) is 11.1. The number of ether oxygens (including phenoxy) is 1. The van der Waals surface area contributed by atoms with E-state index in [1.54, 1.807) is 0 Å². The van der Waals surface area contributed by atoms with Crippen LogP contribution in [-0.2, 0) is 10.0 Å². The van der Waals surface area contributed by atoms with Gasteiger partial charge in [0, 0.05) is 10.9 Å². The van der Waals surface area contributed by atoms with Crippen LogP contribution in [0.4, 0.5) is 5.69 Å². The van der Waals surface area contributed by atoms with Crippen LogP contribution in [0, 0.1) is 0 Å². The maximum absolute atomic E-state index is 12.8. The van der Waals surface area contributed by atoms with Crippen molar-refractivity contribution in [3.63, 3.8) is 0 Å². The summed E-state index contributed by atoms with van der Waals surface area (Å²) >= 11 is 1.26. The van der Waals surface area contributed by atoms with Crippen LogP contribution >= 0.6 is 11.3 Å². The first-order chi connectivity index (χ1) is 14.9. The lowest BCUT2D eigenvalue weighted by Crippen LogP contribution is -2.14. The smallest absolute Gasteiger partial charge is 0.335 e. The van der Waals surface area contributed by atoms with Gasteiger partial charge in [-0.3, -0.25) is 4.72 Å². The van der Waals surface area contributed by atoms with Gasteiger partial charge in [0.05, 0.1) is 18.4 Å². The lowest BCUT2D eigenvalue weighted by molar-refractivity contribution is 0.0696. The van der Waals surface area contributed by atoms with Gasteiger partial charge in [-0.2, -0.15) is 8.42 Å². The first-order valence-corrected chi connectivity index (χ1v) is 12.2. The number of methoxy groups -OCH3 is 1. The fourth-order valence-electron chi connectivity index (χ4n) is 3.78. The van der Waals surface area contributed by atoms with Crippen molar-refractivity contribution < 1.29 is 23.1 Å². The minimum Gasteiger partial charge on any atom is -0.495 e. The summed E-state index contributed by atoms with van der Waals surface area (Å²) in [6, 6.07) is 12.1. The van der Waals surface area contributed by atoms with Gasteiger partial charge in [0.15, 0.2) is 5.03 Å². The van der Waals surface area contributed by atoms with Crippen LogP contribution in [0.2, 0.25) is 0 Å². The van der Waals surface area contributed by atoms with Gasteiger partial charge in [0.1, 0.15) is 10.8 Å². The van der Waals surface area contributed by atoms with Crippen molar-refractivity contribution in [2.24, 2.45) is 0 Å². The Bertz CT molecular complexity index is 1200. The molecule has 0 aliphatic heterocycles. The molecule has 3 aromatic rings. The molecule has 4 rings (SSSR count). The van der Waals surface area contributed by atoms with Gasteiger partial charge in [0.2, 0.25) is 0 Å². The predicted molar refractivity (Wildman–Crippen MR) is 120 cm³/mol. The van der Waals surface area contributed by atoms with E-state index in [0.29, 0.717) is 10.9 Å². The van der Waals surface area contributed by atoms with E-state index >= 15 is 0 Å². The monoisotopic (exact) mass is 458 g/mol. The second-order valence-electron chi connectivity index (χ2n) is 7.42. The molecule has 1 aromatic heterocycles. The molecule has 2 aromatic carbocycles. The Balaban J connectivity index is 1.54. The van der Waals surface area contributed by atoms with E-state index in [1.807, 2.05) is 12.1 Å². The molecular weight excluding hydrogens is 436 g/mol. The standard InChI is InChI=1S/C22H22N2O5S2/c1-29-19-12-17(22(25)26)10-11-18(19)24-31(27,28)20-13-30-21(23-20)16-8-6-15(7-9-16)14-4-2-3-5-14/h6-14,24H,2-5H2,1H3,(H,25,26). The van der Waals surface area contributed by atoms with Gasteiger partial charge in [0.25, 0.3) is 10.0 Å². The van der Waals surface area contributed by atoms with Gasteiger partial charge in [-0.05, 0) is 42.5 Å². The second-order valence-corrected chi connectivity index (χ2v) is 9.91. The van der Waals surface area contributed by atoms with Crippen molar-refractivity contribution in [1.82, 2.24) is 4.98 Å². The number of rotatable bonds is 7. The van der Waals surface area contributed by atoms with Crippen LogP contribution in [-0.4, -0.2) is 31.6 Å². The molecule has 1 saturated carbocycles. The maximum atomic E-state index is 12.8. The van der Waals surface area contributed by atoms with E-state index in [9.17, 15) is 13.2 Å². The Hall–Kier alpha value is -2.91. The Labute approximate surface area is 184 Å². The Kier molecular flexibility index (Phi) is 5.97. The third-order valence-electron chi connectivity index (χ3n) is 5.44. The lowest BCUT2D eigenvalue weighted by atomic mass is 9.97. The van der Waals surface area contributed by atoms with Gasteiger partial charge in [-0.25, -0.2) is 9.78 Å². The predicted octanol–water partition coefficient (Wildman–Crippen LogP) is 4.98. The van der Waals surface area contributed by atoms with Gasteiger partial charge >= 0.3 is 5.97 Å². The molecule has 0 bridgehead atoms. The number of nitrogens with one attached hydrogen (secondary N) is 1. The highest BCUT2D eigenvalue weighted by Gasteiger charge is 2.22. The van der Waals surface area contributed by atoms with E-state index < -0.39 is 16.0 Å². The maximum Gasteiger partial charge on any atom is 0.335 e. The van der Waals surface area contributed by atoms with Crippen LogP contribution in [0.1, 0.15) is 47.5 Å². The minimum absolute atomic E-state index is 0.00297. The molecule has 1 heterocycles. The van der Waals surface area contributed by atoms with Crippen molar-refractivity contribution >= 4 is 33.0 Å². The van der Waals surface area contributed by atoms with Crippen LogP contribution < -0.4 is 9.46 Å². The Morgan fingerprint density at radius 1 is 1.16 bits per heavy atom. The van der Waals surface area contributed by atoms with Crippen molar-refractivity contribution in [3.05, 3.63) is 59.0 Å². The zero-order valence-electron chi connectivity index (χ0n) is 16.9. The van der Waals surface area contributed by atoms with Crippen LogP contribution in [0.3, 0.4) is 0 Å². The summed E-state index contributed by atoms with van der Waals surface area (Å²) in [5.74, 6) is -0.398. The lowest BCUT2D eigenvalue weighted by Gasteiger charge is -2.11. The van der Waals surface area contributed by atoms with Crippen LogP contribution in [0.15, 0.2) is 52.9 Å². The molecular formula is C22H22N2O5S2. The molecule has 0 radical (unpaired) electrons. The molecule has 1 fully saturated rings. The summed E-state index contributed by atoms with van der Waals surface area (Å²) < 4.78 is 33.2. The van der Waals surface area contributed by atoms with Crippen LogP contribution in [0.25, 0.3) is 10.6 Å². The van der Waals surface area contributed by atoms with Gasteiger partial charge in [-0.1, -0.05) is 37.1 Å². The van der Waals surface area contributed by atoms with Crippen molar-refractivity contribution in [3.8, 4) is 16.3 Å². The molecule has 31 heavy (non-hydrogen) atoms. The van der Waals surface area contributed by atoms with Crippen molar-refractivity contribution in [2.45, 2.75) is 36.6 Å². The highest BCUT2D eigenvalue weighted by Crippen LogP contribution is 2.35. The van der Waals surface area contributed by atoms with E-state index in [0.717, 1.165) is 5.56 Å². The first-order valence-electron chi connectivity index (χ1n) is 9.87. The average molecular weight is 459 g/mol. The first kappa shape index (κ1) is 21.3. The molecule has 2 N–H and O–H groups in total. The van der Waals surface area contributed by atoms with Gasteiger partial charge in [-0.15, -0.1) is 11.3 Å². The highest BCUT2D eigenvalue weighted by atomic mass is 32.2. The zero-order chi connectivity index (χ0) is 22.0. The molecule has 7 nitrogen and oxygen atoms in total. The second kappa shape index (κ2) is 8.68. The molecule has 0 atom stereocenters. The number of aromatic carboxylic acids is 1. The third kappa shape index (κ3) is 4.57. The highest BCUT2D eigenvalue weighted by molar-refractivity contribution is 7.92. The number of benzene rings is 2. The molecule has 1 aliphatic rings. The number of hydrogen-bond donors (Lipinski definition) is 2. The molecule has 0 spiro atoms. The number of thiazole rings is 1. The van der Waals surface area contributed by atoms with E-state index in [-0.39, 0.29) is 22.0 Å². The van der Waals surface area contributed by atoms with Crippen molar-refractivity contribution in [2.75, 3.05) is 11.8 Å². The van der Waals surface area contributed by atoms with Crippen LogP contribution in [0.5, 0.6) is 5.75 Å². The largest absolute Gasteiger partial charge is 0.495 e. The quantitative estimate of drug-likeness (QED) is 0.518. The molecule has 162 valence electrons. The fraction of sp³-hybridized carbons (Fsp3) is 0.273. The van der Waals surface area contributed by atoms with Crippen molar-refractivity contribution in [1.29, 1.82) is 0 Å². The number of sulfonamides is 1. The fourth-order valence-corrected chi connectivity index (χ4v) is 5.95. The number of carboxylic acid groups (broad SMARTS) is 1. The number of anilines is 1. The van der Waals surface area contributed by atoms with E-state index in [4.69, 9.17) is 9.84 Å². The number of aromatic nitrogens is 1. The summed E-state index contributed by atoms with van der Waals surface area (Å²) in [4.78, 5) is 15.4. The summed E-state index contributed by atoms with van der Waals surface area (Å²) in [5.41, 5.74) is 2.33. The molecule has 0 saturated heterocycles. The SMILES string of the molecule is COc1cc(C(=O)O)ccc1NS(=O)(=O)c1csc(-c2ccc(C3CCCC3)cc2)n1. The molecule has 0 unspecified atom stereocenters. The van der Waals surface area contributed by atoms with Gasteiger partial charge < -0.3 is 9.84 Å². The molecule has 9 heteroatoms. The Morgan fingerprint density at radius 2 is 1.87 bits per heavy atom. The third-order valence-corrected chi connectivity index (χ3v) is 7.72. The topological polar surface area (TPSA) is 106 Å². The summed E-state index contributed by atoms with van der Waals surface area (Å²) in [6.07, 6.45) is 5.00. The number of carbonyl (C=O) groups is 1. The zero-order valence-corrected chi connectivity index (χ0v) is 18.5. The molecule has 0 amide bonds. The van der Waals surface area contributed by atoms with E-state index in [1.165, 1.54) is 73.3 Å². The van der Waals surface area contributed by atoms with E-state index in [2.05, 4.69) is 21.8 Å². The normalized spacial score (nSPS) is 14.5. The Morgan fingerprint density at radius 3 is 2.52 bits per heavy atom. The summed E-state index contributed by atoms with van der Waals surface area (Å²) in [7, 11) is -2.62.